The molecule has 2 heterocycles. The van der Waals surface area contributed by atoms with Gasteiger partial charge < -0.3 is 15.5 Å². The number of aryl methyl sites for hydroxylation is 1. The highest BCUT2D eigenvalue weighted by molar-refractivity contribution is 5.90. The van der Waals surface area contributed by atoms with E-state index in [1.165, 1.54) is 18.1 Å². The molecule has 1 aromatic carbocycles. The molecule has 1 aromatic rings. The number of fused-ring (bicyclic) bond motifs is 1. The Morgan fingerprint density at radius 2 is 1.86 bits per heavy atom. The molecule has 0 bridgehead atoms. The van der Waals surface area contributed by atoms with Crippen molar-refractivity contribution in [2.45, 2.75) is 57.8 Å². The zero-order chi connectivity index (χ0) is 20.5. The van der Waals surface area contributed by atoms with Gasteiger partial charge in [0.2, 0.25) is 17.7 Å². The fourth-order valence-corrected chi connectivity index (χ4v) is 4.56. The number of benzene rings is 1. The summed E-state index contributed by atoms with van der Waals surface area (Å²) in [6.45, 7) is 6.12. The van der Waals surface area contributed by atoms with E-state index in [-0.39, 0.29) is 35.7 Å². The van der Waals surface area contributed by atoms with Crippen molar-refractivity contribution in [3.63, 3.8) is 0 Å². The van der Waals surface area contributed by atoms with Crippen molar-refractivity contribution in [1.82, 2.24) is 20.4 Å². The number of nitrogens with zero attached hydrogens (tertiary/aromatic N) is 2. The monoisotopic (exact) mass is 398 g/mol. The molecule has 1 aliphatic carbocycles. The SMILES string of the molecule is CC(=O)N[C@H]1C[C@H]2CN(Cc3ccccc3C)C[C@H](NC(=O)C3CC3)C(=O)N2C1. The largest absolute Gasteiger partial charge is 0.352 e. The molecule has 0 radical (unpaired) electrons. The Morgan fingerprint density at radius 3 is 2.55 bits per heavy atom. The summed E-state index contributed by atoms with van der Waals surface area (Å²) in [5, 5.41) is 5.97. The average Bonchev–Trinajstić information content (AvgIpc) is 3.45. The molecule has 1 saturated carbocycles. The van der Waals surface area contributed by atoms with Gasteiger partial charge in [-0.25, -0.2) is 0 Å². The first-order valence-electron chi connectivity index (χ1n) is 10.6. The van der Waals surface area contributed by atoms with E-state index in [2.05, 4.69) is 34.6 Å². The Morgan fingerprint density at radius 1 is 1.10 bits per heavy atom. The predicted molar refractivity (Wildman–Crippen MR) is 109 cm³/mol. The van der Waals surface area contributed by atoms with Crippen LogP contribution in [0.1, 0.15) is 37.3 Å². The van der Waals surface area contributed by atoms with Gasteiger partial charge in [-0.2, -0.15) is 0 Å². The van der Waals surface area contributed by atoms with Crippen LogP contribution in [0.25, 0.3) is 0 Å². The minimum atomic E-state index is -0.534. The molecule has 0 spiro atoms. The van der Waals surface area contributed by atoms with E-state index in [4.69, 9.17) is 0 Å². The second-order valence-corrected chi connectivity index (χ2v) is 8.73. The van der Waals surface area contributed by atoms with Gasteiger partial charge in [0.15, 0.2) is 0 Å². The summed E-state index contributed by atoms with van der Waals surface area (Å²) in [4.78, 5) is 41.3. The summed E-state index contributed by atoms with van der Waals surface area (Å²) in [6.07, 6.45) is 2.58. The van der Waals surface area contributed by atoms with E-state index in [0.717, 1.165) is 32.4 Å². The molecule has 3 amide bonds. The van der Waals surface area contributed by atoms with Gasteiger partial charge in [-0.05, 0) is 37.3 Å². The molecule has 29 heavy (non-hydrogen) atoms. The number of hydrogen-bond acceptors (Lipinski definition) is 4. The molecule has 2 N–H and O–H groups in total. The van der Waals surface area contributed by atoms with Crippen molar-refractivity contribution >= 4 is 17.7 Å². The Bertz CT molecular complexity index is 807. The fraction of sp³-hybridized carbons (Fsp3) is 0.591. The molecule has 3 atom stereocenters. The summed E-state index contributed by atoms with van der Waals surface area (Å²) in [5.41, 5.74) is 2.46. The van der Waals surface area contributed by atoms with Gasteiger partial charge in [-0.15, -0.1) is 0 Å². The average molecular weight is 399 g/mol. The smallest absolute Gasteiger partial charge is 0.246 e. The van der Waals surface area contributed by atoms with Crippen LogP contribution in [-0.4, -0.2) is 65.3 Å². The maximum Gasteiger partial charge on any atom is 0.246 e. The van der Waals surface area contributed by atoms with Gasteiger partial charge >= 0.3 is 0 Å². The van der Waals surface area contributed by atoms with Crippen LogP contribution in [0.5, 0.6) is 0 Å². The highest BCUT2D eigenvalue weighted by Gasteiger charge is 2.43. The third-order valence-electron chi connectivity index (χ3n) is 6.23. The maximum atomic E-state index is 13.3. The van der Waals surface area contributed by atoms with Crippen molar-refractivity contribution in [1.29, 1.82) is 0 Å². The van der Waals surface area contributed by atoms with Crippen LogP contribution in [0.3, 0.4) is 0 Å². The minimum Gasteiger partial charge on any atom is -0.352 e. The molecular formula is C22H30N4O3. The van der Waals surface area contributed by atoms with Crippen molar-refractivity contribution in [2.75, 3.05) is 19.6 Å². The van der Waals surface area contributed by atoms with Crippen LogP contribution in [0.4, 0.5) is 0 Å². The summed E-state index contributed by atoms with van der Waals surface area (Å²) >= 11 is 0. The predicted octanol–water partition coefficient (Wildman–Crippen LogP) is 0.811. The van der Waals surface area contributed by atoms with E-state index in [9.17, 15) is 14.4 Å². The standard InChI is InChI=1S/C22H30N4O3/c1-14-5-3-4-6-17(14)10-25-12-19-9-18(23-15(2)27)11-26(19)22(29)20(13-25)24-21(28)16-7-8-16/h3-6,16,18-20H,7-13H2,1-2H3,(H,23,27)(H,24,28)/t18-,19-,20-/m0/s1. The number of hydrogen-bond donors (Lipinski definition) is 2. The number of nitrogens with one attached hydrogen (secondary N) is 2. The van der Waals surface area contributed by atoms with Crippen molar-refractivity contribution in [3.05, 3.63) is 35.4 Å². The van der Waals surface area contributed by atoms with Crippen molar-refractivity contribution in [2.24, 2.45) is 5.92 Å². The number of amides is 3. The topological polar surface area (TPSA) is 81.8 Å². The van der Waals surface area contributed by atoms with Crippen LogP contribution in [0, 0.1) is 12.8 Å². The van der Waals surface area contributed by atoms with Gasteiger partial charge in [0.1, 0.15) is 6.04 Å². The molecular weight excluding hydrogens is 368 g/mol. The molecule has 7 nitrogen and oxygen atoms in total. The van der Waals surface area contributed by atoms with Crippen LogP contribution in [0.15, 0.2) is 24.3 Å². The lowest BCUT2D eigenvalue weighted by atomic mass is 10.1. The lowest BCUT2D eigenvalue weighted by molar-refractivity contribution is -0.136. The fourth-order valence-electron chi connectivity index (χ4n) is 4.56. The molecule has 2 aliphatic heterocycles. The second-order valence-electron chi connectivity index (χ2n) is 8.73. The van der Waals surface area contributed by atoms with Gasteiger partial charge in [0.05, 0.1) is 0 Å². The molecule has 0 aromatic heterocycles. The molecule has 7 heteroatoms. The van der Waals surface area contributed by atoms with Crippen LogP contribution < -0.4 is 10.6 Å². The third-order valence-corrected chi connectivity index (χ3v) is 6.23. The van der Waals surface area contributed by atoms with Crippen LogP contribution in [-0.2, 0) is 20.9 Å². The Labute approximate surface area is 171 Å². The summed E-state index contributed by atoms with van der Waals surface area (Å²) in [7, 11) is 0. The summed E-state index contributed by atoms with van der Waals surface area (Å²) in [6, 6.07) is 7.76. The molecule has 156 valence electrons. The zero-order valence-electron chi connectivity index (χ0n) is 17.2. The van der Waals surface area contributed by atoms with Gasteiger partial charge in [0.25, 0.3) is 0 Å². The van der Waals surface area contributed by atoms with Crippen LogP contribution in [0.2, 0.25) is 0 Å². The van der Waals surface area contributed by atoms with E-state index < -0.39 is 6.04 Å². The number of carbonyl (C=O) groups excluding carboxylic acids is 3. The Hall–Kier alpha value is -2.41. The Balaban J connectivity index is 1.54. The van der Waals surface area contributed by atoms with E-state index >= 15 is 0 Å². The molecule has 4 rings (SSSR count). The summed E-state index contributed by atoms with van der Waals surface area (Å²) in [5.74, 6) is -0.0350. The van der Waals surface area contributed by atoms with Crippen LogP contribution >= 0.6 is 0 Å². The first kappa shape index (κ1) is 19.9. The molecule has 3 fully saturated rings. The molecule has 0 unspecified atom stereocenters. The third kappa shape index (κ3) is 4.61. The normalized spacial score (nSPS) is 27.3. The van der Waals surface area contributed by atoms with E-state index in [0.29, 0.717) is 13.1 Å². The van der Waals surface area contributed by atoms with Gasteiger partial charge in [-0.3, -0.25) is 19.3 Å². The van der Waals surface area contributed by atoms with Crippen molar-refractivity contribution in [3.8, 4) is 0 Å². The molecule has 2 saturated heterocycles. The highest BCUT2D eigenvalue weighted by atomic mass is 16.2. The van der Waals surface area contributed by atoms with E-state index in [1.807, 2.05) is 17.0 Å². The van der Waals surface area contributed by atoms with E-state index in [1.54, 1.807) is 0 Å². The van der Waals surface area contributed by atoms with Gasteiger partial charge in [-0.1, -0.05) is 24.3 Å². The number of carbonyl (C=O) groups is 3. The zero-order valence-corrected chi connectivity index (χ0v) is 17.2. The minimum absolute atomic E-state index is 0.00440. The lowest BCUT2D eigenvalue weighted by Gasteiger charge is -2.26. The Kier molecular flexibility index (Phi) is 5.58. The lowest BCUT2D eigenvalue weighted by Crippen LogP contribution is -2.52. The summed E-state index contributed by atoms with van der Waals surface area (Å²) < 4.78 is 0. The number of rotatable bonds is 5. The van der Waals surface area contributed by atoms with Gasteiger partial charge in [0, 0.05) is 51.1 Å². The quantitative estimate of drug-likeness (QED) is 0.769. The van der Waals surface area contributed by atoms with Crippen molar-refractivity contribution < 1.29 is 14.4 Å². The maximum absolute atomic E-state index is 13.3. The first-order valence-corrected chi connectivity index (χ1v) is 10.6. The second kappa shape index (κ2) is 8.14. The highest BCUT2D eigenvalue weighted by Crippen LogP contribution is 2.30. The first-order chi connectivity index (χ1) is 13.9. The molecule has 3 aliphatic rings.